The van der Waals surface area contributed by atoms with E-state index in [4.69, 9.17) is 10.8 Å². The van der Waals surface area contributed by atoms with Gasteiger partial charge in [0.25, 0.3) is 0 Å². The van der Waals surface area contributed by atoms with E-state index in [1.807, 2.05) is 0 Å². The number of nitrogens with one attached hydrogen (secondary N) is 2. The zero-order valence-electron chi connectivity index (χ0n) is 15.7. The Morgan fingerprint density at radius 2 is 1.62 bits per heavy atom. The monoisotopic (exact) mass is 411 g/mol. The van der Waals surface area contributed by atoms with E-state index in [9.17, 15) is 34.5 Å². The van der Waals surface area contributed by atoms with Crippen LogP contribution < -0.4 is 16.4 Å². The number of phenols is 1. The number of aliphatic hydroxyl groups is 1. The van der Waals surface area contributed by atoms with Crippen molar-refractivity contribution in [3.8, 4) is 5.75 Å². The molecule has 0 heterocycles. The van der Waals surface area contributed by atoms with Gasteiger partial charge in [0.05, 0.1) is 12.1 Å². The van der Waals surface area contributed by atoms with Crippen LogP contribution in [-0.4, -0.2) is 68.4 Å². The summed E-state index contributed by atoms with van der Waals surface area (Å²) in [5, 5.41) is 41.5. The normalized spacial score (nSPS) is 14.9. The third kappa shape index (κ3) is 8.15. The van der Waals surface area contributed by atoms with Crippen LogP contribution >= 0.6 is 0 Å². The number of phenolic OH excluding ortho intramolecular Hbond substituents is 1. The molecular weight excluding hydrogens is 386 g/mol. The molecule has 0 aliphatic carbocycles. The number of carbonyl (C=O) groups excluding carboxylic acids is 2. The lowest BCUT2D eigenvalue weighted by Crippen LogP contribution is -2.58. The minimum atomic E-state index is -1.49. The van der Waals surface area contributed by atoms with E-state index in [-0.39, 0.29) is 25.0 Å². The summed E-state index contributed by atoms with van der Waals surface area (Å²) in [6, 6.07) is 1.67. The third-order valence-electron chi connectivity index (χ3n) is 4.06. The van der Waals surface area contributed by atoms with E-state index in [0.717, 1.165) is 0 Å². The predicted molar refractivity (Wildman–Crippen MR) is 99.8 cm³/mol. The number of aliphatic carboxylic acids is 2. The second kappa shape index (κ2) is 11.0. The van der Waals surface area contributed by atoms with Crippen molar-refractivity contribution in [1.82, 2.24) is 10.6 Å². The molecule has 4 unspecified atom stereocenters. The molecule has 1 rings (SSSR count). The number of amides is 2. The van der Waals surface area contributed by atoms with E-state index in [1.165, 1.54) is 31.2 Å². The third-order valence-corrected chi connectivity index (χ3v) is 4.06. The van der Waals surface area contributed by atoms with Gasteiger partial charge in [0.2, 0.25) is 11.8 Å². The molecule has 0 radical (unpaired) electrons. The van der Waals surface area contributed by atoms with E-state index in [0.29, 0.717) is 5.56 Å². The van der Waals surface area contributed by atoms with Gasteiger partial charge < -0.3 is 36.8 Å². The quantitative estimate of drug-likeness (QED) is 0.228. The van der Waals surface area contributed by atoms with Crippen LogP contribution in [0.1, 0.15) is 25.3 Å². The minimum Gasteiger partial charge on any atom is -0.508 e. The highest BCUT2D eigenvalue weighted by atomic mass is 16.4. The average molecular weight is 411 g/mol. The second-order valence-electron chi connectivity index (χ2n) is 6.54. The summed E-state index contributed by atoms with van der Waals surface area (Å²) >= 11 is 0. The first-order valence-corrected chi connectivity index (χ1v) is 8.78. The average Bonchev–Trinajstić information content (AvgIpc) is 2.64. The zero-order chi connectivity index (χ0) is 22.1. The highest BCUT2D eigenvalue weighted by Crippen LogP contribution is 2.12. The number of benzene rings is 1. The molecule has 4 atom stereocenters. The molecule has 11 heteroatoms. The van der Waals surface area contributed by atoms with E-state index in [1.54, 1.807) is 0 Å². The van der Waals surface area contributed by atoms with Gasteiger partial charge in [-0.05, 0) is 31.0 Å². The largest absolute Gasteiger partial charge is 0.508 e. The maximum absolute atomic E-state index is 12.4. The van der Waals surface area contributed by atoms with Gasteiger partial charge in [0, 0.05) is 12.8 Å². The first-order valence-electron chi connectivity index (χ1n) is 8.78. The molecule has 0 spiro atoms. The summed E-state index contributed by atoms with van der Waals surface area (Å²) in [5.41, 5.74) is 6.11. The lowest BCUT2D eigenvalue weighted by molar-refractivity contribution is -0.142. The van der Waals surface area contributed by atoms with Gasteiger partial charge in [-0.2, -0.15) is 0 Å². The van der Waals surface area contributed by atoms with Gasteiger partial charge in [-0.3, -0.25) is 14.4 Å². The molecular formula is C18H25N3O8. The Balaban J connectivity index is 2.80. The van der Waals surface area contributed by atoms with Crippen LogP contribution in [-0.2, 0) is 25.6 Å². The molecule has 1 aromatic carbocycles. The molecule has 0 fully saturated rings. The molecule has 160 valence electrons. The second-order valence-corrected chi connectivity index (χ2v) is 6.54. The van der Waals surface area contributed by atoms with E-state index in [2.05, 4.69) is 10.6 Å². The number of carboxylic acids is 2. The molecule has 1 aromatic rings. The standard InChI is InChI=1S/C18H25N3O8/c1-9(22)15(21-16(26)12(19)6-7-14(24)25)17(27)20-13(18(28)29)8-10-2-4-11(23)5-3-10/h2-5,9,12-13,15,22-23H,6-8,19H2,1H3,(H,20,27)(H,21,26)(H,24,25)(H,28,29). The van der Waals surface area contributed by atoms with Gasteiger partial charge in [0.15, 0.2) is 0 Å². The SMILES string of the molecule is CC(O)C(NC(=O)C(N)CCC(=O)O)C(=O)NC(Cc1ccc(O)cc1)C(=O)O. The summed E-state index contributed by atoms with van der Waals surface area (Å²) in [6.45, 7) is 1.23. The first-order chi connectivity index (χ1) is 13.5. The van der Waals surface area contributed by atoms with Crippen LogP contribution in [0.4, 0.5) is 0 Å². The van der Waals surface area contributed by atoms with Gasteiger partial charge in [-0.15, -0.1) is 0 Å². The summed E-state index contributed by atoms with van der Waals surface area (Å²) in [7, 11) is 0. The van der Waals surface area contributed by atoms with Crippen LogP contribution in [0.5, 0.6) is 5.75 Å². The number of hydrogen-bond donors (Lipinski definition) is 7. The van der Waals surface area contributed by atoms with E-state index < -0.39 is 48.0 Å². The number of hydrogen-bond acceptors (Lipinski definition) is 7. The fraction of sp³-hybridized carbons (Fsp3) is 0.444. The van der Waals surface area contributed by atoms with Crippen molar-refractivity contribution in [2.24, 2.45) is 5.73 Å². The maximum Gasteiger partial charge on any atom is 0.326 e. The minimum absolute atomic E-state index is 0.000721. The number of aromatic hydroxyl groups is 1. The molecule has 0 saturated heterocycles. The molecule has 0 aliphatic heterocycles. The topological polar surface area (TPSA) is 199 Å². The molecule has 0 bridgehead atoms. The Hall–Kier alpha value is -3.18. The van der Waals surface area contributed by atoms with Crippen molar-refractivity contribution in [3.05, 3.63) is 29.8 Å². The Kier molecular flexibility index (Phi) is 9.03. The van der Waals surface area contributed by atoms with Crippen LogP contribution in [0, 0.1) is 0 Å². The van der Waals surface area contributed by atoms with Crippen molar-refractivity contribution in [2.45, 2.75) is 50.4 Å². The zero-order valence-corrected chi connectivity index (χ0v) is 15.7. The van der Waals surface area contributed by atoms with Crippen molar-refractivity contribution in [1.29, 1.82) is 0 Å². The molecule has 0 aromatic heterocycles. The van der Waals surface area contributed by atoms with Gasteiger partial charge in [0.1, 0.15) is 17.8 Å². The number of carbonyl (C=O) groups is 4. The van der Waals surface area contributed by atoms with Crippen LogP contribution in [0.2, 0.25) is 0 Å². The maximum atomic E-state index is 12.4. The van der Waals surface area contributed by atoms with Crippen molar-refractivity contribution >= 4 is 23.8 Å². The number of nitrogens with two attached hydrogens (primary N) is 1. The van der Waals surface area contributed by atoms with Gasteiger partial charge in [-0.1, -0.05) is 12.1 Å². The number of rotatable bonds is 11. The van der Waals surface area contributed by atoms with E-state index >= 15 is 0 Å². The van der Waals surface area contributed by atoms with Gasteiger partial charge >= 0.3 is 11.9 Å². The summed E-state index contributed by atoms with van der Waals surface area (Å²) in [6.07, 6.45) is -1.99. The molecule has 2 amide bonds. The summed E-state index contributed by atoms with van der Waals surface area (Å²) in [5.74, 6) is -4.26. The molecule has 8 N–H and O–H groups in total. The Labute approximate surface area is 166 Å². The van der Waals surface area contributed by atoms with Gasteiger partial charge in [-0.25, -0.2) is 4.79 Å². The summed E-state index contributed by atoms with van der Waals surface area (Å²) in [4.78, 5) is 46.5. The Bertz CT molecular complexity index is 735. The fourth-order valence-electron chi connectivity index (χ4n) is 2.40. The van der Waals surface area contributed by atoms with Crippen molar-refractivity contribution < 1.29 is 39.6 Å². The van der Waals surface area contributed by atoms with Crippen LogP contribution in [0.25, 0.3) is 0 Å². The molecule has 11 nitrogen and oxygen atoms in total. The molecule has 0 saturated carbocycles. The van der Waals surface area contributed by atoms with Crippen molar-refractivity contribution in [3.63, 3.8) is 0 Å². The summed E-state index contributed by atoms with van der Waals surface area (Å²) < 4.78 is 0. The number of aliphatic hydroxyl groups excluding tert-OH is 1. The lowest BCUT2D eigenvalue weighted by atomic mass is 10.0. The predicted octanol–water partition coefficient (Wildman–Crippen LogP) is -1.44. The first kappa shape index (κ1) is 23.9. The highest BCUT2D eigenvalue weighted by molar-refractivity contribution is 5.92. The Morgan fingerprint density at radius 3 is 2.10 bits per heavy atom. The van der Waals surface area contributed by atoms with Crippen LogP contribution in [0.3, 0.4) is 0 Å². The molecule has 29 heavy (non-hydrogen) atoms. The fourth-order valence-corrected chi connectivity index (χ4v) is 2.40. The highest BCUT2D eigenvalue weighted by Gasteiger charge is 2.31. The van der Waals surface area contributed by atoms with Crippen LogP contribution in [0.15, 0.2) is 24.3 Å². The Morgan fingerprint density at radius 1 is 1.03 bits per heavy atom. The molecule has 0 aliphatic rings. The smallest absolute Gasteiger partial charge is 0.326 e. The van der Waals surface area contributed by atoms with Crippen molar-refractivity contribution in [2.75, 3.05) is 0 Å². The lowest BCUT2D eigenvalue weighted by Gasteiger charge is -2.24. The number of carboxylic acid groups (broad SMARTS) is 2.